The lowest BCUT2D eigenvalue weighted by Crippen LogP contribution is -2.50. The van der Waals surface area contributed by atoms with Crippen LogP contribution in [0.25, 0.3) is 0 Å². The highest BCUT2D eigenvalue weighted by Gasteiger charge is 2.31. The van der Waals surface area contributed by atoms with Crippen molar-refractivity contribution in [1.82, 2.24) is 14.9 Å². The minimum atomic E-state index is -0.429. The number of thioether (sulfide) groups is 1. The van der Waals surface area contributed by atoms with Gasteiger partial charge in [-0.05, 0) is 24.3 Å². The lowest BCUT2D eigenvalue weighted by molar-refractivity contribution is -0.132. The van der Waals surface area contributed by atoms with Gasteiger partial charge < -0.3 is 15.1 Å². The zero-order valence-corrected chi connectivity index (χ0v) is 16.0. The Hall–Kier alpha value is -2.32. The summed E-state index contributed by atoms with van der Waals surface area (Å²) in [7, 11) is 0. The molecule has 0 radical (unpaired) electrons. The molecule has 0 bridgehead atoms. The topological polar surface area (TPSA) is 78.4 Å². The van der Waals surface area contributed by atoms with Crippen molar-refractivity contribution in [2.45, 2.75) is 16.6 Å². The summed E-state index contributed by atoms with van der Waals surface area (Å²) in [5.74, 6) is 0.523. The predicted molar refractivity (Wildman–Crippen MR) is 105 cm³/mol. The number of hydrogen-bond acceptors (Lipinski definition) is 6. The second-order valence-electron chi connectivity index (χ2n) is 6.36. The Morgan fingerprint density at radius 2 is 1.96 bits per heavy atom. The van der Waals surface area contributed by atoms with E-state index in [1.54, 1.807) is 30.6 Å². The molecule has 1 N–H and O–H groups in total. The van der Waals surface area contributed by atoms with E-state index in [1.807, 2.05) is 11.0 Å². The summed E-state index contributed by atoms with van der Waals surface area (Å²) in [5.41, 5.74) is 0.706. The molecular weight excluding hydrogens is 386 g/mol. The van der Waals surface area contributed by atoms with Crippen LogP contribution in [0.3, 0.4) is 0 Å². The fraction of sp³-hybridized carbons (Fsp3) is 0.333. The highest BCUT2D eigenvalue weighted by molar-refractivity contribution is 8.01. The Balaban J connectivity index is 1.35. The zero-order valence-electron chi connectivity index (χ0n) is 14.5. The molecule has 2 aliphatic heterocycles. The van der Waals surface area contributed by atoms with Gasteiger partial charge in [0, 0.05) is 54.9 Å². The largest absolute Gasteiger partial charge is 0.339 e. The number of amides is 2. The van der Waals surface area contributed by atoms with Crippen LogP contribution in [0.2, 0.25) is 5.02 Å². The maximum Gasteiger partial charge on any atom is 0.238 e. The third-order valence-corrected chi connectivity index (χ3v) is 6.10. The van der Waals surface area contributed by atoms with Crippen molar-refractivity contribution < 1.29 is 9.59 Å². The van der Waals surface area contributed by atoms with Crippen LogP contribution in [0, 0.1) is 0 Å². The molecule has 2 aromatic rings. The minimum absolute atomic E-state index is 0.00584. The molecule has 1 saturated heterocycles. The van der Waals surface area contributed by atoms with Gasteiger partial charge in [0.05, 0.1) is 10.9 Å². The van der Waals surface area contributed by atoms with Crippen LogP contribution < -0.4 is 10.2 Å². The Morgan fingerprint density at radius 3 is 2.70 bits per heavy atom. The summed E-state index contributed by atoms with van der Waals surface area (Å²) in [6, 6.07) is 7.17. The van der Waals surface area contributed by atoms with E-state index < -0.39 is 5.25 Å². The number of halogens is 1. The summed E-state index contributed by atoms with van der Waals surface area (Å²) in [6.45, 7) is 2.56. The highest BCUT2D eigenvalue weighted by atomic mass is 35.5. The van der Waals surface area contributed by atoms with Gasteiger partial charge in [0.15, 0.2) is 0 Å². The molecule has 0 aliphatic carbocycles. The number of anilines is 2. The van der Waals surface area contributed by atoms with Crippen molar-refractivity contribution in [3.05, 3.63) is 41.7 Å². The van der Waals surface area contributed by atoms with Crippen LogP contribution >= 0.6 is 23.4 Å². The molecule has 140 valence electrons. The van der Waals surface area contributed by atoms with E-state index in [1.165, 1.54) is 11.8 Å². The molecule has 4 rings (SSSR count). The number of nitrogens with zero attached hydrogens (tertiary/aromatic N) is 4. The highest BCUT2D eigenvalue weighted by Crippen LogP contribution is 2.38. The number of piperazine rings is 1. The van der Waals surface area contributed by atoms with Gasteiger partial charge >= 0.3 is 0 Å². The average molecular weight is 404 g/mol. The molecule has 9 heteroatoms. The van der Waals surface area contributed by atoms with Crippen molar-refractivity contribution in [2.75, 3.05) is 36.4 Å². The quantitative estimate of drug-likeness (QED) is 0.847. The number of carbonyl (C=O) groups excluding carboxylic acids is 2. The number of benzene rings is 1. The molecule has 2 amide bonds. The Kier molecular flexibility index (Phi) is 5.18. The Labute approximate surface area is 166 Å². The maximum atomic E-state index is 12.7. The van der Waals surface area contributed by atoms with Gasteiger partial charge in [-0.3, -0.25) is 9.59 Å². The van der Waals surface area contributed by atoms with Crippen molar-refractivity contribution in [3.8, 4) is 0 Å². The second-order valence-corrected chi connectivity index (χ2v) is 8.04. The van der Waals surface area contributed by atoms with Crippen LogP contribution in [0.5, 0.6) is 0 Å². The van der Waals surface area contributed by atoms with E-state index in [0.717, 1.165) is 4.90 Å². The molecule has 1 aromatic carbocycles. The smallest absolute Gasteiger partial charge is 0.238 e. The molecule has 0 saturated carbocycles. The van der Waals surface area contributed by atoms with Gasteiger partial charge in [0.25, 0.3) is 0 Å². The van der Waals surface area contributed by atoms with Gasteiger partial charge in [-0.1, -0.05) is 11.6 Å². The Morgan fingerprint density at radius 1 is 1.22 bits per heavy atom. The maximum absolute atomic E-state index is 12.7. The lowest BCUT2D eigenvalue weighted by Gasteiger charge is -2.35. The number of rotatable bonds is 3. The summed E-state index contributed by atoms with van der Waals surface area (Å²) < 4.78 is 0. The number of fused-ring (bicyclic) bond motifs is 1. The van der Waals surface area contributed by atoms with Crippen molar-refractivity contribution in [1.29, 1.82) is 0 Å². The van der Waals surface area contributed by atoms with E-state index in [2.05, 4.69) is 20.2 Å². The summed E-state index contributed by atoms with van der Waals surface area (Å²) in [4.78, 5) is 38.3. The van der Waals surface area contributed by atoms with Gasteiger partial charge in [-0.2, -0.15) is 0 Å². The number of hydrogen-bond donors (Lipinski definition) is 1. The molecule has 7 nitrogen and oxygen atoms in total. The van der Waals surface area contributed by atoms with E-state index in [4.69, 9.17) is 11.6 Å². The summed E-state index contributed by atoms with van der Waals surface area (Å²) in [6.07, 6.45) is 3.61. The zero-order chi connectivity index (χ0) is 18.8. The first-order valence-corrected chi connectivity index (χ1v) is 9.93. The van der Waals surface area contributed by atoms with Crippen molar-refractivity contribution in [3.63, 3.8) is 0 Å². The molecule has 2 aliphatic rings. The van der Waals surface area contributed by atoms with Crippen molar-refractivity contribution in [2.24, 2.45) is 0 Å². The van der Waals surface area contributed by atoms with E-state index in [9.17, 15) is 9.59 Å². The van der Waals surface area contributed by atoms with Crippen LogP contribution in [0.1, 0.15) is 6.42 Å². The molecule has 1 unspecified atom stereocenters. The lowest BCUT2D eigenvalue weighted by atomic mass is 10.2. The standard InChI is InChI=1S/C18H18ClN5O2S/c19-12-2-3-14-13(10-12)22-17(26)15(27-14)11-16(25)23-6-8-24(9-7-23)18-20-4-1-5-21-18/h1-5,10,15H,6-9,11H2,(H,22,26). The van der Waals surface area contributed by atoms with Gasteiger partial charge in [0.1, 0.15) is 0 Å². The second kappa shape index (κ2) is 7.74. The fourth-order valence-corrected chi connectivity index (χ4v) is 4.41. The van der Waals surface area contributed by atoms with E-state index in [0.29, 0.717) is 42.8 Å². The van der Waals surface area contributed by atoms with Crippen LogP contribution in [-0.2, 0) is 9.59 Å². The number of aromatic nitrogens is 2. The molecule has 1 atom stereocenters. The Bertz CT molecular complexity index is 858. The first-order valence-electron chi connectivity index (χ1n) is 8.67. The SMILES string of the molecule is O=C1Nc2cc(Cl)ccc2SC1CC(=O)N1CCN(c2ncccn2)CC1. The summed E-state index contributed by atoms with van der Waals surface area (Å²) >= 11 is 7.38. The average Bonchev–Trinajstić information content (AvgIpc) is 2.69. The van der Waals surface area contributed by atoms with Gasteiger partial charge in [0.2, 0.25) is 17.8 Å². The normalized spacial score (nSPS) is 19.4. The van der Waals surface area contributed by atoms with Gasteiger partial charge in [-0.15, -0.1) is 11.8 Å². The molecule has 0 spiro atoms. The van der Waals surface area contributed by atoms with E-state index in [-0.39, 0.29) is 18.2 Å². The molecular formula is C18H18ClN5O2S. The fourth-order valence-electron chi connectivity index (χ4n) is 3.16. The molecule has 1 aromatic heterocycles. The third-order valence-electron chi connectivity index (χ3n) is 4.59. The van der Waals surface area contributed by atoms with Crippen LogP contribution in [0.15, 0.2) is 41.6 Å². The first kappa shape index (κ1) is 18.1. The number of nitrogens with one attached hydrogen (secondary N) is 1. The minimum Gasteiger partial charge on any atom is -0.339 e. The predicted octanol–water partition coefficient (Wildman–Crippen LogP) is 2.28. The van der Waals surface area contributed by atoms with Crippen LogP contribution in [0.4, 0.5) is 11.6 Å². The van der Waals surface area contributed by atoms with Crippen LogP contribution in [-0.4, -0.2) is 58.1 Å². The van der Waals surface area contributed by atoms with E-state index >= 15 is 0 Å². The molecule has 27 heavy (non-hydrogen) atoms. The first-order chi connectivity index (χ1) is 13.1. The monoisotopic (exact) mass is 403 g/mol. The van der Waals surface area contributed by atoms with Crippen molar-refractivity contribution >= 4 is 46.8 Å². The summed E-state index contributed by atoms with van der Waals surface area (Å²) in [5, 5.41) is 2.99. The molecule has 3 heterocycles. The third kappa shape index (κ3) is 4.01. The number of carbonyl (C=O) groups is 2. The molecule has 1 fully saturated rings. The van der Waals surface area contributed by atoms with Gasteiger partial charge in [-0.25, -0.2) is 9.97 Å².